The second kappa shape index (κ2) is 5.66. The van der Waals surface area contributed by atoms with E-state index in [1.807, 2.05) is 25.1 Å². The summed E-state index contributed by atoms with van der Waals surface area (Å²) >= 11 is 7.49. The van der Waals surface area contributed by atoms with Crippen LogP contribution in [0.25, 0.3) is 10.1 Å². The normalized spacial score (nSPS) is 10.9. The summed E-state index contributed by atoms with van der Waals surface area (Å²) in [4.78, 5) is 12.6. The van der Waals surface area contributed by atoms with E-state index in [-0.39, 0.29) is 10.6 Å². The topological polar surface area (TPSA) is 29.1 Å². The molecule has 0 bridgehead atoms. The van der Waals surface area contributed by atoms with Crippen molar-refractivity contribution < 1.29 is 13.6 Å². The van der Waals surface area contributed by atoms with E-state index < -0.39 is 17.5 Å². The van der Waals surface area contributed by atoms with Gasteiger partial charge in [0, 0.05) is 16.2 Å². The van der Waals surface area contributed by atoms with Crippen molar-refractivity contribution in [2.75, 3.05) is 5.32 Å². The molecule has 1 heterocycles. The Morgan fingerprint density at radius 2 is 2.00 bits per heavy atom. The number of halogens is 3. The highest BCUT2D eigenvalue weighted by molar-refractivity contribution is 7.21. The molecule has 3 rings (SSSR count). The van der Waals surface area contributed by atoms with Crippen molar-refractivity contribution in [3.63, 3.8) is 0 Å². The molecule has 1 amide bonds. The molecule has 0 saturated carbocycles. The molecule has 1 aromatic heterocycles. The van der Waals surface area contributed by atoms with E-state index in [4.69, 9.17) is 11.6 Å². The lowest BCUT2D eigenvalue weighted by molar-refractivity contribution is 0.103. The summed E-state index contributed by atoms with van der Waals surface area (Å²) in [7, 11) is 0. The van der Waals surface area contributed by atoms with Gasteiger partial charge in [-0.1, -0.05) is 23.7 Å². The number of carbonyl (C=O) groups excluding carboxylic acids is 1. The van der Waals surface area contributed by atoms with Crippen LogP contribution in [0.4, 0.5) is 14.5 Å². The van der Waals surface area contributed by atoms with Crippen LogP contribution in [0.1, 0.15) is 15.2 Å². The number of aryl methyl sites for hydroxylation is 1. The molecule has 6 heteroatoms. The quantitative estimate of drug-likeness (QED) is 0.667. The van der Waals surface area contributed by atoms with Crippen molar-refractivity contribution >= 4 is 44.6 Å². The first-order valence-corrected chi connectivity index (χ1v) is 7.61. The lowest BCUT2D eigenvalue weighted by atomic mass is 10.1. The Labute approximate surface area is 134 Å². The first-order valence-electron chi connectivity index (χ1n) is 6.41. The first kappa shape index (κ1) is 14.9. The average molecular weight is 338 g/mol. The summed E-state index contributed by atoms with van der Waals surface area (Å²) in [5.41, 5.74) is 0.741. The van der Waals surface area contributed by atoms with Crippen molar-refractivity contribution in [2.45, 2.75) is 6.92 Å². The van der Waals surface area contributed by atoms with Crippen molar-refractivity contribution in [1.82, 2.24) is 0 Å². The SMILES string of the molecule is Cc1cccc2sc(C(=O)Nc3cc(F)ccc3F)c(Cl)c12. The zero-order valence-electron chi connectivity index (χ0n) is 11.4. The summed E-state index contributed by atoms with van der Waals surface area (Å²) < 4.78 is 27.6. The molecule has 0 saturated heterocycles. The van der Waals surface area contributed by atoms with Gasteiger partial charge < -0.3 is 5.32 Å². The number of nitrogens with one attached hydrogen (secondary N) is 1. The molecule has 0 fully saturated rings. The molecule has 2 aromatic carbocycles. The van der Waals surface area contributed by atoms with Crippen LogP contribution in [0.3, 0.4) is 0 Å². The van der Waals surface area contributed by atoms with Crippen LogP contribution in [0, 0.1) is 18.6 Å². The van der Waals surface area contributed by atoms with Gasteiger partial charge in [-0.05, 0) is 30.7 Å². The zero-order chi connectivity index (χ0) is 15.9. The summed E-state index contributed by atoms with van der Waals surface area (Å²) in [5, 5.41) is 3.49. The number of rotatable bonds is 2. The largest absolute Gasteiger partial charge is 0.319 e. The Hall–Kier alpha value is -1.98. The van der Waals surface area contributed by atoms with Crippen LogP contribution in [-0.2, 0) is 0 Å². The number of anilines is 1. The maximum atomic E-state index is 13.6. The van der Waals surface area contributed by atoms with Crippen molar-refractivity contribution in [3.8, 4) is 0 Å². The molecule has 3 aromatic rings. The Balaban J connectivity index is 2.01. The Morgan fingerprint density at radius 1 is 1.23 bits per heavy atom. The number of hydrogen-bond donors (Lipinski definition) is 1. The average Bonchev–Trinajstić information content (AvgIpc) is 2.81. The maximum absolute atomic E-state index is 13.6. The van der Waals surface area contributed by atoms with Gasteiger partial charge >= 0.3 is 0 Å². The van der Waals surface area contributed by atoms with Gasteiger partial charge in [0.25, 0.3) is 5.91 Å². The third kappa shape index (κ3) is 2.58. The molecule has 0 spiro atoms. The van der Waals surface area contributed by atoms with Crippen LogP contribution in [0.15, 0.2) is 36.4 Å². The predicted molar refractivity (Wildman–Crippen MR) is 85.9 cm³/mol. The van der Waals surface area contributed by atoms with Crippen molar-refractivity contribution in [1.29, 1.82) is 0 Å². The van der Waals surface area contributed by atoms with E-state index >= 15 is 0 Å². The second-order valence-electron chi connectivity index (χ2n) is 4.77. The Morgan fingerprint density at radius 3 is 2.73 bits per heavy atom. The van der Waals surface area contributed by atoms with Crippen molar-refractivity contribution in [3.05, 3.63) is 63.5 Å². The van der Waals surface area contributed by atoms with Gasteiger partial charge in [-0.3, -0.25) is 4.79 Å². The van der Waals surface area contributed by atoms with Crippen molar-refractivity contribution in [2.24, 2.45) is 0 Å². The molecule has 0 aliphatic heterocycles. The van der Waals surface area contributed by atoms with Gasteiger partial charge in [0.15, 0.2) is 0 Å². The van der Waals surface area contributed by atoms with Gasteiger partial charge in [0.1, 0.15) is 16.5 Å². The molecule has 0 aliphatic rings. The van der Waals surface area contributed by atoms with Crippen LogP contribution in [-0.4, -0.2) is 5.91 Å². The standard InChI is InChI=1S/C16H10ClF2NOS/c1-8-3-2-4-12-13(8)14(17)15(22-12)16(21)20-11-7-9(18)5-6-10(11)19/h2-7H,1H3,(H,20,21). The van der Waals surface area contributed by atoms with Gasteiger partial charge in [-0.25, -0.2) is 8.78 Å². The number of hydrogen-bond acceptors (Lipinski definition) is 2. The van der Waals surface area contributed by atoms with E-state index in [9.17, 15) is 13.6 Å². The molecular formula is C16H10ClF2NOS. The molecule has 22 heavy (non-hydrogen) atoms. The smallest absolute Gasteiger partial charge is 0.267 e. The highest BCUT2D eigenvalue weighted by Crippen LogP contribution is 2.37. The van der Waals surface area contributed by atoms with Crippen LogP contribution >= 0.6 is 22.9 Å². The van der Waals surface area contributed by atoms with E-state index in [1.165, 1.54) is 11.3 Å². The monoisotopic (exact) mass is 337 g/mol. The third-order valence-electron chi connectivity index (χ3n) is 3.25. The molecule has 112 valence electrons. The summed E-state index contributed by atoms with van der Waals surface area (Å²) in [5.74, 6) is -1.90. The summed E-state index contributed by atoms with van der Waals surface area (Å²) in [6, 6.07) is 8.51. The molecule has 2 nitrogen and oxygen atoms in total. The number of benzene rings is 2. The number of fused-ring (bicyclic) bond motifs is 1. The van der Waals surface area contributed by atoms with Gasteiger partial charge in [-0.15, -0.1) is 11.3 Å². The molecule has 0 radical (unpaired) electrons. The lowest BCUT2D eigenvalue weighted by Crippen LogP contribution is -2.12. The van der Waals surface area contributed by atoms with E-state index in [0.717, 1.165) is 33.8 Å². The van der Waals surface area contributed by atoms with E-state index in [0.29, 0.717) is 5.02 Å². The lowest BCUT2D eigenvalue weighted by Gasteiger charge is -2.05. The minimum atomic E-state index is -0.705. The maximum Gasteiger partial charge on any atom is 0.267 e. The molecule has 0 aliphatic carbocycles. The van der Waals surface area contributed by atoms with E-state index in [1.54, 1.807) is 0 Å². The van der Waals surface area contributed by atoms with Crippen LogP contribution < -0.4 is 5.32 Å². The number of amides is 1. The highest BCUT2D eigenvalue weighted by atomic mass is 35.5. The van der Waals surface area contributed by atoms with Gasteiger partial charge in [0.2, 0.25) is 0 Å². The minimum absolute atomic E-state index is 0.213. The summed E-state index contributed by atoms with van der Waals surface area (Å²) in [6.45, 7) is 1.90. The molecule has 0 unspecified atom stereocenters. The number of carbonyl (C=O) groups is 1. The van der Waals surface area contributed by atoms with E-state index in [2.05, 4.69) is 5.32 Å². The zero-order valence-corrected chi connectivity index (χ0v) is 13.0. The fourth-order valence-electron chi connectivity index (χ4n) is 2.19. The molecule has 0 atom stereocenters. The van der Waals surface area contributed by atoms with Gasteiger partial charge in [0.05, 0.1) is 10.7 Å². The number of thiophene rings is 1. The summed E-state index contributed by atoms with van der Waals surface area (Å²) in [6.07, 6.45) is 0. The predicted octanol–water partition coefficient (Wildman–Crippen LogP) is 5.39. The molecular weight excluding hydrogens is 328 g/mol. The van der Waals surface area contributed by atoms with Crippen LogP contribution in [0.2, 0.25) is 5.02 Å². The second-order valence-corrected chi connectivity index (χ2v) is 6.20. The fraction of sp³-hybridized carbons (Fsp3) is 0.0625. The fourth-order valence-corrected chi connectivity index (χ4v) is 3.77. The van der Waals surface area contributed by atoms with Gasteiger partial charge in [-0.2, -0.15) is 0 Å². The third-order valence-corrected chi connectivity index (χ3v) is 4.89. The Kier molecular flexibility index (Phi) is 3.85. The molecule has 1 N–H and O–H groups in total. The Bertz CT molecular complexity index is 891. The van der Waals surface area contributed by atoms with Crippen LogP contribution in [0.5, 0.6) is 0 Å². The first-order chi connectivity index (χ1) is 10.5. The minimum Gasteiger partial charge on any atom is -0.319 e. The highest BCUT2D eigenvalue weighted by Gasteiger charge is 2.19.